The molecule has 0 fully saturated rings. The van der Waals surface area contributed by atoms with Crippen molar-refractivity contribution in [3.8, 4) is 22.9 Å². The molecule has 0 saturated carbocycles. The molecule has 41 heavy (non-hydrogen) atoms. The molecule has 210 valence electrons. The van der Waals surface area contributed by atoms with E-state index in [1.165, 1.54) is 5.56 Å². The highest BCUT2D eigenvalue weighted by Crippen LogP contribution is 2.43. The monoisotopic (exact) mass is 552 g/mol. The molecule has 3 aromatic heterocycles. The van der Waals surface area contributed by atoms with Gasteiger partial charge in [0.1, 0.15) is 19.8 Å². The Morgan fingerprint density at radius 1 is 0.976 bits per heavy atom. The second-order valence-corrected chi connectivity index (χ2v) is 11.2. The molecular weight excluding hydrogens is 520 g/mol. The fourth-order valence-electron chi connectivity index (χ4n) is 6.29. The Morgan fingerprint density at radius 2 is 1.73 bits per heavy atom. The summed E-state index contributed by atoms with van der Waals surface area (Å²) in [5.74, 6) is 1.09. The molecule has 0 spiro atoms. The van der Waals surface area contributed by atoms with E-state index in [1.807, 2.05) is 56.6 Å². The first kappa shape index (κ1) is 25.7. The van der Waals surface area contributed by atoms with E-state index in [9.17, 15) is 9.59 Å². The van der Waals surface area contributed by atoms with Crippen LogP contribution in [-0.4, -0.2) is 45.2 Å². The lowest BCUT2D eigenvalue weighted by Gasteiger charge is -2.33. The van der Waals surface area contributed by atoms with Gasteiger partial charge in [0.05, 0.1) is 34.4 Å². The van der Waals surface area contributed by atoms with Crippen molar-refractivity contribution in [2.24, 2.45) is 0 Å². The standard InChI is InChI=1S/C32H32N4O5/c1-4-32(3)24-13-26-29-22(17-36(26)30(37)23(24)18-41-31(32)38)21(16-35(5-2)15-19-6-8-33-9-7-19)20-12-27-28(14-25(20)34-29)40-11-10-39-27/h6-9,12-14H,4-5,10-11,15-18H2,1-3H3. The number of fused-ring (bicyclic) bond motifs is 6. The lowest BCUT2D eigenvalue weighted by molar-refractivity contribution is -0.153. The van der Waals surface area contributed by atoms with Crippen molar-refractivity contribution >= 4 is 16.9 Å². The van der Waals surface area contributed by atoms with Gasteiger partial charge in [-0.1, -0.05) is 13.8 Å². The molecule has 3 aliphatic rings. The van der Waals surface area contributed by atoms with Crippen molar-refractivity contribution in [3.05, 3.63) is 80.9 Å². The molecule has 1 unspecified atom stereocenters. The van der Waals surface area contributed by atoms with Gasteiger partial charge in [0, 0.05) is 42.5 Å². The van der Waals surface area contributed by atoms with Gasteiger partial charge >= 0.3 is 5.97 Å². The van der Waals surface area contributed by atoms with E-state index in [2.05, 4.69) is 16.8 Å². The number of carbonyl (C=O) groups is 1. The van der Waals surface area contributed by atoms with Crippen molar-refractivity contribution in [3.63, 3.8) is 0 Å². The maximum absolute atomic E-state index is 13.9. The SMILES string of the molecule is CCN(Cc1ccncc1)Cc1c2c(nc3cc4c(cc13)OCCO4)-c1cc3c(c(=O)n1C2)COC(=O)C3(C)CC. The second-order valence-electron chi connectivity index (χ2n) is 11.2. The van der Waals surface area contributed by atoms with Crippen LogP contribution < -0.4 is 15.0 Å². The zero-order valence-corrected chi connectivity index (χ0v) is 23.5. The van der Waals surface area contributed by atoms with Crippen LogP contribution in [0.3, 0.4) is 0 Å². The van der Waals surface area contributed by atoms with Gasteiger partial charge in [0.25, 0.3) is 5.56 Å². The molecule has 0 aliphatic carbocycles. The molecule has 4 aromatic rings. The summed E-state index contributed by atoms with van der Waals surface area (Å²) in [7, 11) is 0. The van der Waals surface area contributed by atoms with Gasteiger partial charge < -0.3 is 18.8 Å². The van der Waals surface area contributed by atoms with Crippen LogP contribution in [0, 0.1) is 0 Å². The minimum atomic E-state index is -0.876. The minimum Gasteiger partial charge on any atom is -0.486 e. The van der Waals surface area contributed by atoms with Crippen molar-refractivity contribution in [1.82, 2.24) is 19.4 Å². The van der Waals surface area contributed by atoms with Gasteiger partial charge in [-0.05, 0) is 60.8 Å². The molecule has 9 heteroatoms. The molecular formula is C32H32N4O5. The molecule has 1 atom stereocenters. The number of carbonyl (C=O) groups excluding carboxylic acids is 1. The molecule has 0 N–H and O–H groups in total. The summed E-state index contributed by atoms with van der Waals surface area (Å²) < 4.78 is 19.1. The third-order valence-corrected chi connectivity index (χ3v) is 8.91. The number of ether oxygens (including phenoxy) is 3. The second kappa shape index (κ2) is 9.69. The van der Waals surface area contributed by atoms with E-state index in [4.69, 9.17) is 19.2 Å². The Balaban J connectivity index is 1.43. The topological polar surface area (TPSA) is 95.8 Å². The Labute approximate surface area is 237 Å². The molecule has 7 rings (SSSR count). The number of hydrogen-bond donors (Lipinski definition) is 0. The average molecular weight is 553 g/mol. The van der Waals surface area contributed by atoms with Crippen LogP contribution in [-0.2, 0) is 41.2 Å². The highest BCUT2D eigenvalue weighted by Gasteiger charge is 2.43. The first-order valence-corrected chi connectivity index (χ1v) is 14.2. The number of nitrogens with zero attached hydrogens (tertiary/aromatic N) is 4. The van der Waals surface area contributed by atoms with E-state index in [-0.39, 0.29) is 18.1 Å². The summed E-state index contributed by atoms with van der Waals surface area (Å²) in [6.07, 6.45) is 4.17. The largest absolute Gasteiger partial charge is 0.486 e. The van der Waals surface area contributed by atoms with Crippen molar-refractivity contribution in [1.29, 1.82) is 0 Å². The zero-order chi connectivity index (χ0) is 28.3. The normalized spacial score (nSPS) is 18.7. The smallest absolute Gasteiger partial charge is 0.316 e. The van der Waals surface area contributed by atoms with Crippen molar-refractivity contribution < 1.29 is 19.0 Å². The van der Waals surface area contributed by atoms with Crippen molar-refractivity contribution in [2.75, 3.05) is 19.8 Å². The fraction of sp³-hybridized carbons (Fsp3) is 0.375. The predicted molar refractivity (Wildman–Crippen MR) is 153 cm³/mol. The Morgan fingerprint density at radius 3 is 2.46 bits per heavy atom. The third kappa shape index (κ3) is 4.01. The summed E-state index contributed by atoms with van der Waals surface area (Å²) in [4.78, 5) is 38.4. The number of benzene rings is 1. The van der Waals surface area contributed by atoms with Crippen LogP contribution in [0.15, 0.2) is 47.5 Å². The first-order valence-electron chi connectivity index (χ1n) is 14.2. The van der Waals surface area contributed by atoms with Crippen LogP contribution in [0.25, 0.3) is 22.3 Å². The fourth-order valence-corrected chi connectivity index (χ4v) is 6.29. The number of cyclic esters (lactones) is 1. The van der Waals surface area contributed by atoms with Crippen LogP contribution in [0.2, 0.25) is 0 Å². The molecule has 6 heterocycles. The predicted octanol–water partition coefficient (Wildman–Crippen LogP) is 4.34. The van der Waals surface area contributed by atoms with Gasteiger partial charge in [-0.2, -0.15) is 0 Å². The number of rotatable bonds is 6. The number of pyridine rings is 3. The summed E-state index contributed by atoms with van der Waals surface area (Å²) >= 11 is 0. The molecule has 1 aromatic carbocycles. The van der Waals surface area contributed by atoms with Gasteiger partial charge in [0.15, 0.2) is 11.5 Å². The van der Waals surface area contributed by atoms with Crippen LogP contribution >= 0.6 is 0 Å². The lowest BCUT2D eigenvalue weighted by atomic mass is 9.76. The van der Waals surface area contributed by atoms with E-state index < -0.39 is 5.41 Å². The molecule has 0 bridgehead atoms. The zero-order valence-electron chi connectivity index (χ0n) is 23.5. The van der Waals surface area contributed by atoms with Crippen LogP contribution in [0.5, 0.6) is 11.5 Å². The quantitative estimate of drug-likeness (QED) is 0.287. The molecule has 9 nitrogen and oxygen atoms in total. The molecule has 0 radical (unpaired) electrons. The Kier molecular flexibility index (Phi) is 6.08. The Hall–Kier alpha value is -4.24. The van der Waals surface area contributed by atoms with Gasteiger partial charge in [-0.15, -0.1) is 0 Å². The highest BCUT2D eigenvalue weighted by atomic mass is 16.6. The summed E-state index contributed by atoms with van der Waals surface area (Å²) in [6, 6.07) is 10.0. The van der Waals surface area contributed by atoms with Gasteiger partial charge in [0.2, 0.25) is 0 Å². The highest BCUT2D eigenvalue weighted by molar-refractivity contribution is 5.91. The van der Waals surface area contributed by atoms with E-state index >= 15 is 0 Å². The molecule has 0 amide bonds. The summed E-state index contributed by atoms with van der Waals surface area (Å²) in [6.45, 7) is 9.62. The van der Waals surface area contributed by atoms with E-state index in [0.717, 1.165) is 52.1 Å². The van der Waals surface area contributed by atoms with E-state index in [0.29, 0.717) is 49.8 Å². The van der Waals surface area contributed by atoms with Crippen molar-refractivity contribution in [2.45, 2.75) is 58.8 Å². The van der Waals surface area contributed by atoms with Gasteiger partial charge in [-0.25, -0.2) is 4.98 Å². The average Bonchev–Trinajstić information content (AvgIpc) is 3.37. The lowest BCUT2D eigenvalue weighted by Crippen LogP contribution is -2.42. The van der Waals surface area contributed by atoms with Gasteiger partial charge in [-0.3, -0.25) is 19.5 Å². The van der Waals surface area contributed by atoms with Crippen LogP contribution in [0.1, 0.15) is 55.0 Å². The Bertz CT molecular complexity index is 1770. The molecule has 0 saturated heterocycles. The maximum Gasteiger partial charge on any atom is 0.316 e. The third-order valence-electron chi connectivity index (χ3n) is 8.91. The number of aromatic nitrogens is 3. The van der Waals surface area contributed by atoms with E-state index in [1.54, 1.807) is 4.57 Å². The van der Waals surface area contributed by atoms with Crippen LogP contribution in [0.4, 0.5) is 0 Å². The summed E-state index contributed by atoms with van der Waals surface area (Å²) in [5, 5.41) is 0.990. The maximum atomic E-state index is 13.9. The number of hydrogen-bond acceptors (Lipinski definition) is 8. The first-order chi connectivity index (χ1) is 19.9. The minimum absolute atomic E-state index is 0.00157. The summed E-state index contributed by atoms with van der Waals surface area (Å²) in [5.41, 5.74) is 5.94. The molecule has 3 aliphatic heterocycles. The number of esters is 1.